The van der Waals surface area contributed by atoms with E-state index in [-0.39, 0.29) is 19.0 Å². The van der Waals surface area contributed by atoms with Crippen molar-refractivity contribution in [2.45, 2.75) is 31.4 Å². The zero-order valence-corrected chi connectivity index (χ0v) is 11.8. The Balaban J connectivity index is 4.28. The summed E-state index contributed by atoms with van der Waals surface area (Å²) in [6, 6.07) is 0. The van der Waals surface area contributed by atoms with E-state index in [9.17, 15) is 22.8 Å². The number of aliphatic carboxylic acids is 1. The van der Waals surface area contributed by atoms with Crippen LogP contribution >= 0.6 is 0 Å². The monoisotopic (exact) mass is 310 g/mol. The van der Waals surface area contributed by atoms with Gasteiger partial charge in [-0.25, -0.2) is 0 Å². The maximum absolute atomic E-state index is 11.5. The molecule has 0 aromatic rings. The molecule has 1 atom stereocenters. The molecule has 116 valence electrons. The van der Waals surface area contributed by atoms with Crippen LogP contribution in [-0.2, 0) is 24.5 Å². The van der Waals surface area contributed by atoms with Gasteiger partial charge in [0, 0.05) is 19.5 Å². The zero-order chi connectivity index (χ0) is 15.8. The van der Waals surface area contributed by atoms with Crippen molar-refractivity contribution in [3.05, 3.63) is 0 Å². The van der Waals surface area contributed by atoms with E-state index in [1.54, 1.807) is 0 Å². The summed E-state index contributed by atoms with van der Waals surface area (Å²) in [4.78, 5) is 33.0. The van der Waals surface area contributed by atoms with Crippen LogP contribution in [-0.4, -0.2) is 54.2 Å². The lowest BCUT2D eigenvalue weighted by atomic mass is 10.3. The minimum absolute atomic E-state index is 0.0695. The van der Waals surface area contributed by atoms with Crippen molar-refractivity contribution in [1.29, 1.82) is 0 Å². The highest BCUT2D eigenvalue weighted by Gasteiger charge is 2.33. The summed E-state index contributed by atoms with van der Waals surface area (Å²) >= 11 is 0. The number of carbonyl (C=O) groups excluding carboxylic acids is 2. The van der Waals surface area contributed by atoms with Crippen LogP contribution in [0.3, 0.4) is 0 Å². The molecule has 0 aromatic carbocycles. The molecule has 0 aliphatic carbocycles. The molecule has 0 radical (unpaired) electrons. The second kappa shape index (κ2) is 8.48. The Kier molecular flexibility index (Phi) is 7.77. The predicted molar refractivity (Wildman–Crippen MR) is 68.5 cm³/mol. The minimum Gasteiger partial charge on any atom is -0.481 e. The van der Waals surface area contributed by atoms with E-state index in [2.05, 4.69) is 10.6 Å². The van der Waals surface area contributed by atoms with E-state index in [4.69, 9.17) is 9.66 Å². The molecule has 9 nitrogen and oxygen atoms in total. The quantitative estimate of drug-likeness (QED) is 0.307. The summed E-state index contributed by atoms with van der Waals surface area (Å²) < 4.78 is 30.6. The van der Waals surface area contributed by atoms with Gasteiger partial charge in [0.15, 0.2) is 5.25 Å². The van der Waals surface area contributed by atoms with Gasteiger partial charge in [-0.3, -0.25) is 18.9 Å². The maximum atomic E-state index is 11.5. The molecule has 10 heteroatoms. The van der Waals surface area contributed by atoms with E-state index in [1.807, 2.05) is 6.92 Å². The Labute approximate surface area is 116 Å². The van der Waals surface area contributed by atoms with Gasteiger partial charge in [-0.05, 0) is 6.42 Å². The highest BCUT2D eigenvalue weighted by Crippen LogP contribution is 2.04. The molecule has 2 amide bonds. The normalized spacial score (nSPS) is 12.5. The molecule has 0 spiro atoms. The number of carboxylic acid groups (broad SMARTS) is 1. The second-order valence-corrected chi connectivity index (χ2v) is 5.59. The fourth-order valence-corrected chi connectivity index (χ4v) is 2.02. The lowest BCUT2D eigenvalue weighted by Gasteiger charge is -2.12. The first kappa shape index (κ1) is 18.3. The Hall–Kier alpha value is -1.68. The smallest absolute Gasteiger partial charge is 0.305 e. The van der Waals surface area contributed by atoms with Crippen molar-refractivity contribution >= 4 is 27.9 Å². The summed E-state index contributed by atoms with van der Waals surface area (Å²) in [5.41, 5.74) is 0. The average Bonchev–Trinajstić information content (AvgIpc) is 2.30. The van der Waals surface area contributed by atoms with Gasteiger partial charge in [0.2, 0.25) is 11.8 Å². The third-order valence-corrected chi connectivity index (χ3v) is 3.34. The molecule has 0 saturated carbocycles. The fraction of sp³-hybridized carbons (Fsp3) is 0.700. The lowest BCUT2D eigenvalue weighted by molar-refractivity contribution is -0.138. The van der Waals surface area contributed by atoms with Gasteiger partial charge in [-0.1, -0.05) is 6.92 Å². The van der Waals surface area contributed by atoms with Gasteiger partial charge in [0.25, 0.3) is 10.1 Å². The molecule has 0 aliphatic rings. The van der Waals surface area contributed by atoms with Crippen LogP contribution in [0.2, 0.25) is 0 Å². The third kappa shape index (κ3) is 7.69. The van der Waals surface area contributed by atoms with Gasteiger partial charge < -0.3 is 15.7 Å². The number of rotatable bonds is 9. The van der Waals surface area contributed by atoms with Crippen molar-refractivity contribution in [2.75, 3.05) is 13.1 Å². The predicted octanol–water partition coefficient (Wildman–Crippen LogP) is -1.25. The largest absolute Gasteiger partial charge is 0.481 e. The van der Waals surface area contributed by atoms with Crippen LogP contribution in [0.1, 0.15) is 26.2 Å². The Bertz CT molecular complexity index is 460. The zero-order valence-electron chi connectivity index (χ0n) is 11.0. The van der Waals surface area contributed by atoms with Crippen molar-refractivity contribution in [3.8, 4) is 0 Å². The molecule has 1 unspecified atom stereocenters. The van der Waals surface area contributed by atoms with Crippen molar-refractivity contribution in [2.24, 2.45) is 0 Å². The maximum Gasteiger partial charge on any atom is 0.305 e. The first-order valence-electron chi connectivity index (χ1n) is 5.91. The highest BCUT2D eigenvalue weighted by molar-refractivity contribution is 7.87. The lowest BCUT2D eigenvalue weighted by Crippen LogP contribution is -2.43. The van der Waals surface area contributed by atoms with Crippen LogP contribution < -0.4 is 10.6 Å². The van der Waals surface area contributed by atoms with E-state index < -0.39 is 33.7 Å². The van der Waals surface area contributed by atoms with Crippen molar-refractivity contribution in [1.82, 2.24) is 10.6 Å². The fourth-order valence-electron chi connectivity index (χ4n) is 1.31. The molecular weight excluding hydrogens is 292 g/mol. The van der Waals surface area contributed by atoms with Crippen LogP contribution in [0, 0.1) is 0 Å². The first-order valence-corrected chi connectivity index (χ1v) is 7.41. The van der Waals surface area contributed by atoms with E-state index >= 15 is 0 Å². The topological polar surface area (TPSA) is 150 Å². The molecule has 0 saturated heterocycles. The molecule has 0 rings (SSSR count). The molecule has 0 aliphatic heterocycles. The minimum atomic E-state index is -4.80. The number of nitrogens with one attached hydrogen (secondary N) is 2. The third-order valence-electron chi connectivity index (χ3n) is 2.24. The van der Waals surface area contributed by atoms with Crippen molar-refractivity contribution in [3.63, 3.8) is 0 Å². The van der Waals surface area contributed by atoms with Crippen LogP contribution in [0.25, 0.3) is 0 Å². The van der Waals surface area contributed by atoms with E-state index in [0.717, 1.165) is 0 Å². The number of amides is 2. The number of hydrogen-bond acceptors (Lipinski definition) is 5. The Morgan fingerprint density at radius 1 is 1.15 bits per heavy atom. The van der Waals surface area contributed by atoms with Gasteiger partial charge in [-0.15, -0.1) is 0 Å². The molecule has 0 bridgehead atoms. The van der Waals surface area contributed by atoms with Gasteiger partial charge in [-0.2, -0.15) is 8.42 Å². The molecule has 0 heterocycles. The SMILES string of the molecule is CCCC(=O)NCCNC(=O)C(CC(=O)O)S(=O)(=O)O. The first-order chi connectivity index (χ1) is 9.18. The molecule has 0 fully saturated rings. The van der Waals surface area contributed by atoms with Crippen LogP contribution in [0.4, 0.5) is 0 Å². The number of carboxylic acids is 1. The summed E-state index contributed by atoms with van der Waals surface area (Å²) in [6.07, 6.45) is -0.0326. The summed E-state index contributed by atoms with van der Waals surface area (Å²) in [5, 5.41) is 11.0. The van der Waals surface area contributed by atoms with E-state index in [1.165, 1.54) is 0 Å². The Morgan fingerprint density at radius 2 is 1.70 bits per heavy atom. The van der Waals surface area contributed by atoms with E-state index in [0.29, 0.717) is 12.8 Å². The molecule has 4 N–H and O–H groups in total. The van der Waals surface area contributed by atoms with Gasteiger partial charge in [0.1, 0.15) is 0 Å². The molecule has 20 heavy (non-hydrogen) atoms. The molecular formula is C10H18N2O7S. The van der Waals surface area contributed by atoms with Crippen LogP contribution in [0.5, 0.6) is 0 Å². The van der Waals surface area contributed by atoms with Gasteiger partial charge >= 0.3 is 5.97 Å². The summed E-state index contributed by atoms with van der Waals surface area (Å²) in [6.45, 7) is 1.83. The number of carbonyl (C=O) groups is 3. The summed E-state index contributed by atoms with van der Waals surface area (Å²) in [5.74, 6) is -2.86. The number of hydrogen-bond donors (Lipinski definition) is 4. The summed E-state index contributed by atoms with van der Waals surface area (Å²) in [7, 11) is -4.80. The molecule has 0 aromatic heterocycles. The van der Waals surface area contributed by atoms with Gasteiger partial charge in [0.05, 0.1) is 6.42 Å². The standard InChI is InChI=1S/C10H18N2O7S/c1-2-3-8(13)11-4-5-12-10(16)7(6-9(14)15)20(17,18)19/h7H,2-6H2,1H3,(H,11,13)(H,12,16)(H,14,15)(H,17,18,19). The highest BCUT2D eigenvalue weighted by atomic mass is 32.2. The van der Waals surface area contributed by atoms with Crippen LogP contribution in [0.15, 0.2) is 0 Å². The average molecular weight is 310 g/mol. The second-order valence-electron chi connectivity index (χ2n) is 3.99. The Morgan fingerprint density at radius 3 is 2.15 bits per heavy atom. The van der Waals surface area contributed by atoms with Crippen molar-refractivity contribution < 1.29 is 32.5 Å².